The molecular formula is C14H14N4O4. The summed E-state index contributed by atoms with van der Waals surface area (Å²) in [6.45, 7) is 0. The van der Waals surface area contributed by atoms with Gasteiger partial charge in [-0.05, 0) is 35.4 Å². The van der Waals surface area contributed by atoms with Gasteiger partial charge in [-0.3, -0.25) is 10.9 Å². The highest BCUT2D eigenvalue weighted by Gasteiger charge is 2.06. The molecule has 0 aliphatic carbocycles. The second-order valence-electron chi connectivity index (χ2n) is 4.12. The molecule has 0 aromatic heterocycles. The summed E-state index contributed by atoms with van der Waals surface area (Å²) in [4.78, 5) is 22.2. The van der Waals surface area contributed by atoms with E-state index in [-0.39, 0.29) is 0 Å². The molecule has 22 heavy (non-hydrogen) atoms. The Kier molecular flexibility index (Phi) is 4.91. The van der Waals surface area contributed by atoms with Crippen LogP contribution in [0, 0.1) is 0 Å². The van der Waals surface area contributed by atoms with Gasteiger partial charge < -0.3 is 9.47 Å². The lowest BCUT2D eigenvalue weighted by atomic mass is 10.1. The number of nitrogens with one attached hydrogen (secondary N) is 2. The van der Waals surface area contributed by atoms with Gasteiger partial charge in [0.2, 0.25) is 0 Å². The second kappa shape index (κ2) is 7.07. The van der Waals surface area contributed by atoms with Crippen molar-refractivity contribution >= 4 is 12.2 Å². The van der Waals surface area contributed by atoms with Crippen molar-refractivity contribution in [2.24, 2.45) is 11.7 Å². The molecule has 0 radical (unpaired) electrons. The Labute approximate surface area is 125 Å². The first kappa shape index (κ1) is 15.3. The van der Waals surface area contributed by atoms with Gasteiger partial charge in [0.05, 0.1) is 0 Å². The maximum Gasteiger partial charge on any atom is 0.426 e. The SMILES string of the molecule is NNC(=O)Oc1cccc(-c2cccc(OC(=O)NN)c2)c1. The molecule has 0 heterocycles. The van der Waals surface area contributed by atoms with E-state index in [1.54, 1.807) is 36.4 Å². The molecular weight excluding hydrogens is 288 g/mol. The summed E-state index contributed by atoms with van der Waals surface area (Å²) in [7, 11) is 0. The van der Waals surface area contributed by atoms with Crippen LogP contribution in [0.25, 0.3) is 11.1 Å². The Hall–Kier alpha value is -3.10. The van der Waals surface area contributed by atoms with Crippen molar-refractivity contribution in [3.05, 3.63) is 48.5 Å². The molecule has 114 valence electrons. The number of hydrogen-bond donors (Lipinski definition) is 4. The van der Waals surface area contributed by atoms with E-state index >= 15 is 0 Å². The number of nitrogens with two attached hydrogens (primary N) is 2. The summed E-state index contributed by atoms with van der Waals surface area (Å²) in [5.74, 6) is 10.6. The van der Waals surface area contributed by atoms with Crippen molar-refractivity contribution in [3.8, 4) is 22.6 Å². The van der Waals surface area contributed by atoms with E-state index in [9.17, 15) is 9.59 Å². The molecule has 6 N–H and O–H groups in total. The summed E-state index contributed by atoms with van der Waals surface area (Å²) in [5.41, 5.74) is 5.27. The maximum atomic E-state index is 11.1. The largest absolute Gasteiger partial charge is 0.426 e. The Morgan fingerprint density at radius 2 is 1.18 bits per heavy atom. The Bertz CT molecular complexity index is 631. The fraction of sp³-hybridized carbons (Fsp3) is 0. The number of benzene rings is 2. The van der Waals surface area contributed by atoms with Crippen molar-refractivity contribution in [3.63, 3.8) is 0 Å². The Morgan fingerprint density at radius 3 is 1.55 bits per heavy atom. The van der Waals surface area contributed by atoms with Gasteiger partial charge in [-0.15, -0.1) is 0 Å². The highest BCUT2D eigenvalue weighted by Crippen LogP contribution is 2.27. The number of ether oxygens (including phenoxy) is 2. The number of amides is 2. The highest BCUT2D eigenvalue weighted by molar-refractivity contribution is 5.73. The van der Waals surface area contributed by atoms with Crippen molar-refractivity contribution in [1.29, 1.82) is 0 Å². The summed E-state index contributed by atoms with van der Waals surface area (Å²) >= 11 is 0. The van der Waals surface area contributed by atoms with Crippen LogP contribution in [0.4, 0.5) is 9.59 Å². The van der Waals surface area contributed by atoms with Crippen LogP contribution >= 0.6 is 0 Å². The normalized spacial score (nSPS) is 9.73. The van der Waals surface area contributed by atoms with Crippen LogP contribution in [0.1, 0.15) is 0 Å². The first-order chi connectivity index (χ1) is 10.6. The topological polar surface area (TPSA) is 129 Å². The van der Waals surface area contributed by atoms with Crippen molar-refractivity contribution in [2.45, 2.75) is 0 Å². The molecule has 0 fully saturated rings. The molecule has 2 aromatic rings. The molecule has 0 saturated heterocycles. The predicted molar refractivity (Wildman–Crippen MR) is 78.6 cm³/mol. The summed E-state index contributed by atoms with van der Waals surface area (Å²) in [6.07, 6.45) is -1.54. The number of hydrazine groups is 2. The molecule has 0 spiro atoms. The van der Waals surface area contributed by atoms with Crippen LogP contribution in [0.15, 0.2) is 48.5 Å². The minimum Gasteiger partial charge on any atom is -0.409 e. The van der Waals surface area contributed by atoms with Gasteiger partial charge in [0.25, 0.3) is 0 Å². The standard InChI is InChI=1S/C14H14N4O4/c15-17-13(19)21-11-5-1-3-9(7-11)10-4-2-6-12(8-10)22-14(20)18-16/h1-8H,15-16H2,(H,17,19)(H,18,20). The average Bonchev–Trinajstić information content (AvgIpc) is 2.55. The monoisotopic (exact) mass is 302 g/mol. The van der Waals surface area contributed by atoms with Gasteiger partial charge in [0.1, 0.15) is 11.5 Å². The minimum absolute atomic E-state index is 0.325. The molecule has 2 aromatic carbocycles. The Morgan fingerprint density at radius 1 is 0.773 bits per heavy atom. The van der Waals surface area contributed by atoms with E-state index in [4.69, 9.17) is 21.2 Å². The number of rotatable bonds is 3. The molecule has 0 aliphatic heterocycles. The third kappa shape index (κ3) is 3.95. The van der Waals surface area contributed by atoms with Crippen LogP contribution in [0.5, 0.6) is 11.5 Å². The van der Waals surface area contributed by atoms with E-state index in [0.717, 1.165) is 11.1 Å². The van der Waals surface area contributed by atoms with Crippen LogP contribution in [0.2, 0.25) is 0 Å². The zero-order chi connectivity index (χ0) is 15.9. The third-order valence-electron chi connectivity index (χ3n) is 2.66. The average molecular weight is 302 g/mol. The summed E-state index contributed by atoms with van der Waals surface area (Å²) < 4.78 is 9.90. The van der Waals surface area contributed by atoms with Gasteiger partial charge in [-0.25, -0.2) is 21.3 Å². The first-order valence-corrected chi connectivity index (χ1v) is 6.19. The van der Waals surface area contributed by atoms with Gasteiger partial charge >= 0.3 is 12.2 Å². The van der Waals surface area contributed by atoms with Gasteiger partial charge in [-0.1, -0.05) is 24.3 Å². The van der Waals surface area contributed by atoms with Gasteiger partial charge in [-0.2, -0.15) is 0 Å². The molecule has 0 atom stereocenters. The minimum atomic E-state index is -0.770. The highest BCUT2D eigenvalue weighted by atomic mass is 16.6. The van der Waals surface area contributed by atoms with Crippen LogP contribution < -0.4 is 32.0 Å². The smallest absolute Gasteiger partial charge is 0.409 e. The molecule has 0 bridgehead atoms. The lowest BCUT2D eigenvalue weighted by Gasteiger charge is -2.08. The molecule has 0 aliphatic rings. The Balaban J connectivity index is 2.24. The lowest BCUT2D eigenvalue weighted by molar-refractivity contribution is 0.199. The van der Waals surface area contributed by atoms with E-state index in [1.807, 2.05) is 23.0 Å². The fourth-order valence-electron chi connectivity index (χ4n) is 1.75. The van der Waals surface area contributed by atoms with Crippen LogP contribution in [0.3, 0.4) is 0 Å². The van der Waals surface area contributed by atoms with E-state index in [1.165, 1.54) is 0 Å². The number of carbonyl (C=O) groups is 2. The predicted octanol–water partition coefficient (Wildman–Crippen LogP) is 1.28. The van der Waals surface area contributed by atoms with Crippen molar-refractivity contribution < 1.29 is 19.1 Å². The van der Waals surface area contributed by atoms with E-state index in [2.05, 4.69) is 0 Å². The lowest BCUT2D eigenvalue weighted by Crippen LogP contribution is -2.32. The number of carbonyl (C=O) groups excluding carboxylic acids is 2. The molecule has 0 saturated carbocycles. The zero-order valence-corrected chi connectivity index (χ0v) is 11.4. The summed E-state index contributed by atoms with van der Waals surface area (Å²) in [6, 6.07) is 13.6. The maximum absolute atomic E-state index is 11.1. The van der Waals surface area contributed by atoms with Gasteiger partial charge in [0.15, 0.2) is 0 Å². The van der Waals surface area contributed by atoms with Crippen LogP contribution in [-0.4, -0.2) is 12.2 Å². The molecule has 0 unspecified atom stereocenters. The molecule has 8 heteroatoms. The van der Waals surface area contributed by atoms with Crippen LogP contribution in [-0.2, 0) is 0 Å². The zero-order valence-electron chi connectivity index (χ0n) is 11.4. The fourth-order valence-corrected chi connectivity index (χ4v) is 1.75. The van der Waals surface area contributed by atoms with E-state index in [0.29, 0.717) is 11.5 Å². The molecule has 8 nitrogen and oxygen atoms in total. The second-order valence-corrected chi connectivity index (χ2v) is 4.12. The van der Waals surface area contributed by atoms with Gasteiger partial charge in [0, 0.05) is 0 Å². The quantitative estimate of drug-likeness (QED) is 0.384. The van der Waals surface area contributed by atoms with Crippen molar-refractivity contribution in [2.75, 3.05) is 0 Å². The van der Waals surface area contributed by atoms with Crippen molar-refractivity contribution in [1.82, 2.24) is 10.9 Å². The molecule has 2 amide bonds. The first-order valence-electron chi connectivity index (χ1n) is 6.19. The number of hydrogen-bond acceptors (Lipinski definition) is 6. The summed E-state index contributed by atoms with van der Waals surface area (Å²) in [5, 5.41) is 0. The molecule has 2 rings (SSSR count). The third-order valence-corrected chi connectivity index (χ3v) is 2.66. The van der Waals surface area contributed by atoms with E-state index < -0.39 is 12.2 Å².